The molecule has 0 bridgehead atoms. The molecule has 2 aliphatic heterocycles. The first kappa shape index (κ1) is 22.1. The van der Waals surface area contributed by atoms with E-state index in [0.29, 0.717) is 32.1 Å². The van der Waals surface area contributed by atoms with Crippen LogP contribution in [-0.4, -0.2) is 53.7 Å². The van der Waals surface area contributed by atoms with E-state index in [0.717, 1.165) is 24.2 Å². The number of pyridine rings is 1. The number of carbonyl (C=O) groups excluding carboxylic acids is 2. The Kier molecular flexibility index (Phi) is 6.35. The molecule has 2 saturated heterocycles. The van der Waals surface area contributed by atoms with Gasteiger partial charge in [-0.05, 0) is 69.4 Å². The van der Waals surface area contributed by atoms with E-state index in [1.54, 1.807) is 11.1 Å². The van der Waals surface area contributed by atoms with Crippen LogP contribution in [0.4, 0.5) is 16.2 Å². The van der Waals surface area contributed by atoms with Gasteiger partial charge in [0.25, 0.3) is 0 Å². The lowest BCUT2D eigenvalue weighted by molar-refractivity contribution is -0.120. The molecule has 0 radical (unpaired) electrons. The normalized spacial score (nSPS) is 17.6. The van der Waals surface area contributed by atoms with E-state index < -0.39 is 5.60 Å². The molecule has 2 aromatic rings. The summed E-state index contributed by atoms with van der Waals surface area (Å²) in [6.45, 7) is 8.50. The number of ether oxygens (including phenoxy) is 1. The second kappa shape index (κ2) is 9.18. The average Bonchev–Trinajstić information content (AvgIpc) is 2.73. The van der Waals surface area contributed by atoms with E-state index in [-0.39, 0.29) is 17.9 Å². The molecule has 2 amide bonds. The first-order valence-corrected chi connectivity index (χ1v) is 11.3. The van der Waals surface area contributed by atoms with Crippen molar-refractivity contribution >= 4 is 23.4 Å². The molecular formula is C25H32N4O3. The van der Waals surface area contributed by atoms with Gasteiger partial charge < -0.3 is 19.9 Å². The van der Waals surface area contributed by atoms with Gasteiger partial charge in [-0.2, -0.15) is 0 Å². The summed E-state index contributed by atoms with van der Waals surface area (Å²) in [5.74, 6) is 0.466. The minimum Gasteiger partial charge on any atom is -0.444 e. The summed E-state index contributed by atoms with van der Waals surface area (Å²) in [7, 11) is 0. The lowest BCUT2D eigenvalue weighted by Gasteiger charge is -2.39. The van der Waals surface area contributed by atoms with Gasteiger partial charge in [0.2, 0.25) is 5.91 Å². The standard InChI is InChI=1S/C25H32N4O3/c1-25(2,3)32-24(31)28-13-10-19(11-14-28)18-6-8-21(9-7-18)27-23(30)20-16-29(17-20)22-5-4-12-26-15-22/h4-9,12,15,19-20H,10-11,13-14,16-17H2,1-3H3,(H,27,30). The second-order valence-corrected chi connectivity index (χ2v) is 9.67. The highest BCUT2D eigenvalue weighted by Gasteiger charge is 2.33. The van der Waals surface area contributed by atoms with Gasteiger partial charge in [-0.1, -0.05) is 12.1 Å². The third-order valence-corrected chi connectivity index (χ3v) is 6.06. The second-order valence-electron chi connectivity index (χ2n) is 9.67. The maximum atomic E-state index is 12.6. The van der Waals surface area contributed by atoms with E-state index >= 15 is 0 Å². The number of hydrogen-bond donors (Lipinski definition) is 1. The fourth-order valence-electron chi connectivity index (χ4n) is 4.20. The molecule has 1 aromatic heterocycles. The van der Waals surface area contributed by atoms with Crippen LogP contribution in [0.25, 0.3) is 0 Å². The first-order valence-electron chi connectivity index (χ1n) is 11.3. The largest absolute Gasteiger partial charge is 0.444 e. The van der Waals surface area contributed by atoms with Crippen LogP contribution < -0.4 is 10.2 Å². The molecule has 0 spiro atoms. The molecule has 3 heterocycles. The van der Waals surface area contributed by atoms with Crippen molar-refractivity contribution in [2.45, 2.75) is 45.1 Å². The molecule has 170 valence electrons. The lowest BCUT2D eigenvalue weighted by atomic mass is 9.89. The predicted molar refractivity (Wildman–Crippen MR) is 125 cm³/mol. The van der Waals surface area contributed by atoms with Crippen LogP contribution in [0.15, 0.2) is 48.8 Å². The molecule has 0 saturated carbocycles. The molecule has 2 aliphatic rings. The van der Waals surface area contributed by atoms with Gasteiger partial charge in [0.05, 0.1) is 17.8 Å². The minimum atomic E-state index is -0.468. The maximum Gasteiger partial charge on any atom is 0.410 e. The van der Waals surface area contributed by atoms with E-state index in [9.17, 15) is 9.59 Å². The predicted octanol–water partition coefficient (Wildman–Crippen LogP) is 4.27. The summed E-state index contributed by atoms with van der Waals surface area (Å²) >= 11 is 0. The van der Waals surface area contributed by atoms with Crippen molar-refractivity contribution in [1.29, 1.82) is 0 Å². The molecule has 1 N–H and O–H groups in total. The summed E-state index contributed by atoms with van der Waals surface area (Å²) in [6.07, 6.45) is 5.17. The van der Waals surface area contributed by atoms with Crippen LogP contribution >= 0.6 is 0 Å². The van der Waals surface area contributed by atoms with Crippen molar-refractivity contribution < 1.29 is 14.3 Å². The first-order chi connectivity index (χ1) is 15.3. The number of anilines is 2. The summed E-state index contributed by atoms with van der Waals surface area (Å²) in [6, 6.07) is 12.1. The third kappa shape index (κ3) is 5.39. The van der Waals surface area contributed by atoms with Gasteiger partial charge >= 0.3 is 6.09 Å². The number of nitrogens with zero attached hydrogens (tertiary/aromatic N) is 3. The zero-order valence-electron chi connectivity index (χ0n) is 19.1. The Hall–Kier alpha value is -3.09. The summed E-state index contributed by atoms with van der Waals surface area (Å²) in [5.41, 5.74) is 2.66. The van der Waals surface area contributed by atoms with Crippen LogP contribution in [0.1, 0.15) is 45.1 Å². The molecule has 4 rings (SSSR count). The van der Waals surface area contributed by atoms with Crippen molar-refractivity contribution in [3.05, 3.63) is 54.4 Å². The van der Waals surface area contributed by atoms with Gasteiger partial charge in [-0.15, -0.1) is 0 Å². The number of nitrogens with one attached hydrogen (secondary N) is 1. The monoisotopic (exact) mass is 436 g/mol. The molecule has 0 atom stereocenters. The number of benzene rings is 1. The number of aromatic nitrogens is 1. The number of rotatable bonds is 4. The van der Waals surface area contributed by atoms with Crippen molar-refractivity contribution in [3.63, 3.8) is 0 Å². The number of amides is 2. The summed E-state index contributed by atoms with van der Waals surface area (Å²) in [4.78, 5) is 32.9. The van der Waals surface area contributed by atoms with Gasteiger partial charge in [0.15, 0.2) is 0 Å². The van der Waals surface area contributed by atoms with Crippen LogP contribution in [0.3, 0.4) is 0 Å². The molecule has 7 nitrogen and oxygen atoms in total. The van der Waals surface area contributed by atoms with Gasteiger partial charge in [0, 0.05) is 38.1 Å². The number of carbonyl (C=O) groups is 2. The Morgan fingerprint density at radius 1 is 1.06 bits per heavy atom. The lowest BCUT2D eigenvalue weighted by Crippen LogP contribution is -2.52. The highest BCUT2D eigenvalue weighted by atomic mass is 16.6. The molecular weight excluding hydrogens is 404 g/mol. The van der Waals surface area contributed by atoms with E-state index in [1.807, 2.05) is 51.2 Å². The Bertz CT molecular complexity index is 926. The zero-order chi connectivity index (χ0) is 22.7. The molecule has 1 aromatic carbocycles. The van der Waals surface area contributed by atoms with Crippen molar-refractivity contribution in [2.75, 3.05) is 36.4 Å². The number of piperidine rings is 1. The topological polar surface area (TPSA) is 74.8 Å². The van der Waals surface area contributed by atoms with Crippen molar-refractivity contribution in [1.82, 2.24) is 9.88 Å². The highest BCUT2D eigenvalue weighted by Crippen LogP contribution is 2.30. The third-order valence-electron chi connectivity index (χ3n) is 6.06. The highest BCUT2D eigenvalue weighted by molar-refractivity contribution is 5.94. The van der Waals surface area contributed by atoms with Crippen LogP contribution in [0.5, 0.6) is 0 Å². The van der Waals surface area contributed by atoms with Gasteiger partial charge in [-0.25, -0.2) is 4.79 Å². The Morgan fingerprint density at radius 3 is 2.34 bits per heavy atom. The fourth-order valence-corrected chi connectivity index (χ4v) is 4.20. The average molecular weight is 437 g/mol. The van der Waals surface area contributed by atoms with Gasteiger partial charge in [0.1, 0.15) is 5.60 Å². The van der Waals surface area contributed by atoms with Crippen molar-refractivity contribution in [3.8, 4) is 0 Å². The number of likely N-dealkylation sites (tertiary alicyclic amines) is 1. The zero-order valence-corrected chi connectivity index (χ0v) is 19.1. The molecule has 0 aliphatic carbocycles. The fraction of sp³-hybridized carbons (Fsp3) is 0.480. The summed E-state index contributed by atoms with van der Waals surface area (Å²) in [5, 5.41) is 3.04. The van der Waals surface area contributed by atoms with E-state index in [2.05, 4.69) is 27.3 Å². The van der Waals surface area contributed by atoms with Crippen LogP contribution in [0, 0.1) is 5.92 Å². The van der Waals surface area contributed by atoms with E-state index in [4.69, 9.17) is 4.74 Å². The van der Waals surface area contributed by atoms with Gasteiger partial charge in [-0.3, -0.25) is 9.78 Å². The minimum absolute atomic E-state index is 0.00735. The Morgan fingerprint density at radius 2 is 1.75 bits per heavy atom. The maximum absolute atomic E-state index is 12.6. The Balaban J connectivity index is 1.24. The summed E-state index contributed by atoms with van der Waals surface area (Å²) < 4.78 is 5.48. The Labute approximate surface area is 189 Å². The molecule has 2 fully saturated rings. The number of hydrogen-bond acceptors (Lipinski definition) is 5. The van der Waals surface area contributed by atoms with Crippen LogP contribution in [0.2, 0.25) is 0 Å². The van der Waals surface area contributed by atoms with E-state index in [1.165, 1.54) is 5.56 Å². The quantitative estimate of drug-likeness (QED) is 0.775. The van der Waals surface area contributed by atoms with Crippen molar-refractivity contribution in [2.24, 2.45) is 5.92 Å². The molecule has 0 unspecified atom stereocenters. The molecule has 32 heavy (non-hydrogen) atoms. The SMILES string of the molecule is CC(C)(C)OC(=O)N1CCC(c2ccc(NC(=O)C3CN(c4cccnc4)C3)cc2)CC1. The van der Waals surface area contributed by atoms with Crippen LogP contribution in [-0.2, 0) is 9.53 Å². The smallest absolute Gasteiger partial charge is 0.410 e. The molecule has 7 heteroatoms.